The van der Waals surface area contributed by atoms with E-state index >= 15 is 0 Å². The van der Waals surface area contributed by atoms with Gasteiger partial charge in [-0.3, -0.25) is 4.79 Å². The number of amides is 1. The Hall–Kier alpha value is -2.93. The second kappa shape index (κ2) is 12.8. The summed E-state index contributed by atoms with van der Waals surface area (Å²) in [6.45, 7) is 17.0. The van der Waals surface area contributed by atoms with Gasteiger partial charge in [0.1, 0.15) is 5.82 Å². The van der Waals surface area contributed by atoms with Crippen molar-refractivity contribution in [2.75, 3.05) is 25.0 Å². The minimum absolute atomic E-state index is 0.147. The van der Waals surface area contributed by atoms with Crippen LogP contribution in [0.3, 0.4) is 0 Å². The van der Waals surface area contributed by atoms with E-state index in [-0.39, 0.29) is 5.91 Å². The van der Waals surface area contributed by atoms with Gasteiger partial charge in [0.15, 0.2) is 5.65 Å². The topological polar surface area (TPSA) is 83.3 Å². The Labute approximate surface area is 192 Å². The molecule has 1 amide bonds. The zero-order valence-corrected chi connectivity index (χ0v) is 20.1. The lowest BCUT2D eigenvalue weighted by Crippen LogP contribution is -2.25. The maximum absolute atomic E-state index is 12.2. The van der Waals surface area contributed by atoms with Gasteiger partial charge < -0.3 is 16.0 Å². The molecule has 0 aliphatic rings. The van der Waals surface area contributed by atoms with Crippen LogP contribution in [0.2, 0.25) is 0 Å². The van der Waals surface area contributed by atoms with Gasteiger partial charge in [-0.25, -0.2) is 9.50 Å². The molecule has 0 bridgehead atoms. The van der Waals surface area contributed by atoms with Gasteiger partial charge >= 0.3 is 0 Å². The summed E-state index contributed by atoms with van der Waals surface area (Å²) in [7, 11) is 0. The largest absolute Gasteiger partial charge is 0.366 e. The third-order valence-electron chi connectivity index (χ3n) is 5.13. The molecule has 2 aromatic heterocycles. The van der Waals surface area contributed by atoms with E-state index < -0.39 is 0 Å². The van der Waals surface area contributed by atoms with E-state index in [1.807, 2.05) is 35.7 Å². The number of carbonyl (C=O) groups excluding carboxylic acids is 1. The minimum Gasteiger partial charge on any atom is -0.366 e. The van der Waals surface area contributed by atoms with Crippen LogP contribution in [-0.2, 0) is 4.79 Å². The summed E-state index contributed by atoms with van der Waals surface area (Å²) in [6.07, 6.45) is 9.35. The standard InChI is InChI=1S/C25H38N6O/c1-7-21(10-9-19(5)25(32)27-16-13-18(3)4)22-17-28-24-12-11-23(30-31(22)24)29-20(6)14-15-26-8-2/h7,9-12,17-18,20,26H,5,8,13-16H2,1-4,6H3,(H,27,32)(H,29,30). The van der Waals surface area contributed by atoms with Gasteiger partial charge in [0, 0.05) is 18.2 Å². The summed E-state index contributed by atoms with van der Waals surface area (Å²) < 4.78 is 1.82. The minimum atomic E-state index is -0.147. The SMILES string of the molecule is C=C(C=CC(=CC)c1cnc2ccc(NC(C)CCNCC)nn12)C(=O)NCCC(C)C. The number of aromatic nitrogens is 3. The molecular formula is C25H38N6O. The summed E-state index contributed by atoms with van der Waals surface area (Å²) in [5.74, 6) is 1.20. The molecule has 0 fully saturated rings. The molecule has 1 atom stereocenters. The van der Waals surface area contributed by atoms with Crippen molar-refractivity contribution in [2.24, 2.45) is 5.92 Å². The Kier molecular flexibility index (Phi) is 10.1. The third kappa shape index (κ3) is 7.64. The fourth-order valence-electron chi connectivity index (χ4n) is 3.15. The number of imidazole rings is 1. The molecule has 0 aliphatic heterocycles. The molecule has 0 saturated heterocycles. The van der Waals surface area contributed by atoms with Crippen LogP contribution in [0.5, 0.6) is 0 Å². The Morgan fingerprint density at radius 2 is 1.97 bits per heavy atom. The number of allylic oxidation sites excluding steroid dienone is 3. The van der Waals surface area contributed by atoms with Gasteiger partial charge in [-0.1, -0.05) is 39.5 Å². The lowest BCUT2D eigenvalue weighted by molar-refractivity contribution is -0.117. The number of carbonyl (C=O) groups is 1. The normalized spacial score (nSPS) is 13.1. The number of nitrogens with zero attached hydrogens (tertiary/aromatic N) is 3. The fourth-order valence-corrected chi connectivity index (χ4v) is 3.15. The fraction of sp³-hybridized carbons (Fsp3) is 0.480. The summed E-state index contributed by atoms with van der Waals surface area (Å²) in [4.78, 5) is 16.7. The predicted molar refractivity (Wildman–Crippen MR) is 134 cm³/mol. The zero-order valence-electron chi connectivity index (χ0n) is 20.1. The molecule has 0 aliphatic carbocycles. The van der Waals surface area contributed by atoms with E-state index in [0.717, 1.165) is 48.7 Å². The van der Waals surface area contributed by atoms with Crippen LogP contribution < -0.4 is 16.0 Å². The number of fused-ring (bicyclic) bond motifs is 1. The van der Waals surface area contributed by atoms with E-state index in [4.69, 9.17) is 5.10 Å². The molecule has 7 nitrogen and oxygen atoms in total. The molecule has 0 spiro atoms. The number of hydrogen-bond donors (Lipinski definition) is 3. The lowest BCUT2D eigenvalue weighted by Gasteiger charge is -2.15. The van der Waals surface area contributed by atoms with Gasteiger partial charge in [0.25, 0.3) is 5.91 Å². The second-order valence-corrected chi connectivity index (χ2v) is 8.36. The van der Waals surface area contributed by atoms with E-state index in [1.54, 1.807) is 12.3 Å². The van der Waals surface area contributed by atoms with E-state index in [1.165, 1.54) is 0 Å². The first kappa shape index (κ1) is 25.3. The Morgan fingerprint density at radius 1 is 1.19 bits per heavy atom. The third-order valence-corrected chi connectivity index (χ3v) is 5.13. The van der Waals surface area contributed by atoms with Crippen LogP contribution in [-0.4, -0.2) is 46.2 Å². The number of hydrogen-bond acceptors (Lipinski definition) is 5. The highest BCUT2D eigenvalue weighted by molar-refractivity contribution is 5.96. The van der Waals surface area contributed by atoms with E-state index in [0.29, 0.717) is 24.1 Å². The van der Waals surface area contributed by atoms with E-state index in [2.05, 4.69) is 55.2 Å². The second-order valence-electron chi connectivity index (χ2n) is 8.36. The molecular weight excluding hydrogens is 400 g/mol. The highest BCUT2D eigenvalue weighted by Gasteiger charge is 2.11. The molecule has 32 heavy (non-hydrogen) atoms. The van der Waals surface area contributed by atoms with E-state index in [9.17, 15) is 4.79 Å². The Morgan fingerprint density at radius 3 is 2.66 bits per heavy atom. The van der Waals surface area contributed by atoms with Gasteiger partial charge in [0.2, 0.25) is 0 Å². The molecule has 2 heterocycles. The van der Waals surface area contributed by atoms with Crippen LogP contribution >= 0.6 is 0 Å². The Bertz CT molecular complexity index is 956. The number of rotatable bonds is 13. The quantitative estimate of drug-likeness (QED) is 0.248. The molecule has 174 valence electrons. The maximum atomic E-state index is 12.2. The highest BCUT2D eigenvalue weighted by Crippen LogP contribution is 2.19. The zero-order chi connectivity index (χ0) is 23.5. The van der Waals surface area contributed by atoms with Crippen molar-refractivity contribution < 1.29 is 4.79 Å². The van der Waals surface area contributed by atoms with Crippen LogP contribution in [0.1, 0.15) is 53.2 Å². The smallest absolute Gasteiger partial charge is 0.250 e. The molecule has 2 aromatic rings. The summed E-state index contributed by atoms with van der Waals surface area (Å²) in [5.41, 5.74) is 2.96. The lowest BCUT2D eigenvalue weighted by atomic mass is 10.1. The summed E-state index contributed by atoms with van der Waals surface area (Å²) in [6, 6.07) is 4.20. The first-order valence-corrected chi connectivity index (χ1v) is 11.5. The molecule has 0 radical (unpaired) electrons. The average molecular weight is 439 g/mol. The van der Waals surface area contributed by atoms with Crippen molar-refractivity contribution in [2.45, 2.75) is 53.5 Å². The molecule has 0 saturated carbocycles. The maximum Gasteiger partial charge on any atom is 0.250 e. The highest BCUT2D eigenvalue weighted by atomic mass is 16.1. The van der Waals surface area contributed by atoms with Crippen molar-refractivity contribution >= 4 is 22.9 Å². The first-order chi connectivity index (χ1) is 15.3. The van der Waals surface area contributed by atoms with Crippen molar-refractivity contribution in [3.63, 3.8) is 0 Å². The molecule has 3 N–H and O–H groups in total. The molecule has 2 rings (SSSR count). The van der Waals surface area contributed by atoms with Crippen LogP contribution in [0, 0.1) is 5.92 Å². The van der Waals surface area contributed by atoms with Gasteiger partial charge in [-0.15, -0.1) is 5.10 Å². The number of anilines is 1. The van der Waals surface area contributed by atoms with Crippen LogP contribution in [0.25, 0.3) is 11.2 Å². The van der Waals surface area contributed by atoms with Gasteiger partial charge in [0.05, 0.1) is 11.9 Å². The predicted octanol–water partition coefficient (Wildman–Crippen LogP) is 4.21. The van der Waals surface area contributed by atoms with Crippen molar-refractivity contribution in [1.29, 1.82) is 0 Å². The average Bonchev–Trinajstić information content (AvgIpc) is 3.17. The van der Waals surface area contributed by atoms with Gasteiger partial charge in [-0.05, 0) is 69.5 Å². The summed E-state index contributed by atoms with van der Waals surface area (Å²) >= 11 is 0. The first-order valence-electron chi connectivity index (χ1n) is 11.5. The van der Waals surface area contributed by atoms with Gasteiger partial charge in [-0.2, -0.15) is 0 Å². The van der Waals surface area contributed by atoms with Crippen molar-refractivity contribution in [1.82, 2.24) is 25.2 Å². The molecule has 7 heteroatoms. The number of nitrogens with one attached hydrogen (secondary N) is 3. The monoisotopic (exact) mass is 438 g/mol. The summed E-state index contributed by atoms with van der Waals surface area (Å²) in [5, 5.41) is 14.4. The van der Waals surface area contributed by atoms with Crippen LogP contribution in [0.4, 0.5) is 5.82 Å². The molecule has 1 unspecified atom stereocenters. The Balaban J connectivity index is 2.10. The molecule has 0 aromatic carbocycles. The van der Waals surface area contributed by atoms with Crippen LogP contribution in [0.15, 0.2) is 48.7 Å². The van der Waals surface area contributed by atoms with Crippen molar-refractivity contribution in [3.8, 4) is 0 Å². The van der Waals surface area contributed by atoms with Crippen molar-refractivity contribution in [3.05, 3.63) is 54.4 Å².